The highest BCUT2D eigenvalue weighted by Gasteiger charge is 2.22. The van der Waals surface area contributed by atoms with Crippen LogP contribution in [0.5, 0.6) is 0 Å². The molecule has 16 heavy (non-hydrogen) atoms. The Morgan fingerprint density at radius 2 is 1.69 bits per heavy atom. The lowest BCUT2D eigenvalue weighted by atomic mass is 10.0. The third-order valence-corrected chi connectivity index (χ3v) is 3.13. The van der Waals surface area contributed by atoms with Gasteiger partial charge < -0.3 is 10.2 Å². The summed E-state index contributed by atoms with van der Waals surface area (Å²) in [5.41, 5.74) is 0. The molecule has 0 aromatic carbocycles. The van der Waals surface area contributed by atoms with Gasteiger partial charge in [-0.3, -0.25) is 4.79 Å². The van der Waals surface area contributed by atoms with Crippen LogP contribution in [-0.2, 0) is 4.79 Å². The van der Waals surface area contributed by atoms with Crippen LogP contribution in [0.3, 0.4) is 0 Å². The monoisotopic (exact) mass is 228 g/mol. The van der Waals surface area contributed by atoms with Gasteiger partial charge in [0.1, 0.15) is 0 Å². The summed E-state index contributed by atoms with van der Waals surface area (Å²) in [5.74, 6) is 0.297. The molecule has 1 saturated heterocycles. The summed E-state index contributed by atoms with van der Waals surface area (Å²) in [6, 6.07) is 1.03. The van der Waals surface area contributed by atoms with Crippen molar-refractivity contribution in [3.8, 4) is 0 Å². The quantitative estimate of drug-likeness (QED) is 0.803. The molecular formula is C13H28N2O. The molecule has 1 rings (SSSR count). The van der Waals surface area contributed by atoms with E-state index in [4.69, 9.17) is 0 Å². The van der Waals surface area contributed by atoms with Crippen LogP contribution in [0.15, 0.2) is 0 Å². The lowest BCUT2D eigenvalue weighted by Crippen LogP contribution is -2.47. The number of nitrogens with one attached hydrogen (secondary N) is 1. The third kappa shape index (κ3) is 4.52. The zero-order chi connectivity index (χ0) is 11.4. The number of hydrogen-bond acceptors (Lipinski definition) is 2. The highest BCUT2D eigenvalue weighted by Crippen LogP contribution is 2.13. The van der Waals surface area contributed by atoms with Crippen LogP contribution >= 0.6 is 0 Å². The molecule has 0 unspecified atom stereocenters. The average Bonchev–Trinajstić information content (AvgIpc) is 2.18. The predicted molar refractivity (Wildman–Crippen MR) is 69.4 cm³/mol. The minimum atomic E-state index is 0. The van der Waals surface area contributed by atoms with Crippen molar-refractivity contribution in [3.05, 3.63) is 0 Å². The van der Waals surface area contributed by atoms with Crippen molar-refractivity contribution < 1.29 is 4.79 Å². The SMILES string of the molecule is C.CC(C)C(=O)NC1CCN(C(C)C)CC1. The van der Waals surface area contributed by atoms with Gasteiger partial charge in [0, 0.05) is 31.1 Å². The molecule has 0 saturated carbocycles. The second-order valence-electron chi connectivity index (χ2n) is 5.07. The van der Waals surface area contributed by atoms with Gasteiger partial charge in [0.25, 0.3) is 0 Å². The van der Waals surface area contributed by atoms with Gasteiger partial charge in [-0.2, -0.15) is 0 Å². The maximum atomic E-state index is 11.5. The van der Waals surface area contributed by atoms with Crippen LogP contribution in [0.2, 0.25) is 0 Å². The first-order valence-corrected chi connectivity index (χ1v) is 6.05. The number of nitrogens with zero attached hydrogens (tertiary/aromatic N) is 1. The average molecular weight is 228 g/mol. The Labute approximate surface area is 101 Å². The lowest BCUT2D eigenvalue weighted by Gasteiger charge is -2.35. The summed E-state index contributed by atoms with van der Waals surface area (Å²) in [6.45, 7) is 10.6. The lowest BCUT2D eigenvalue weighted by molar-refractivity contribution is -0.125. The first-order valence-electron chi connectivity index (χ1n) is 6.05. The minimum Gasteiger partial charge on any atom is -0.353 e. The van der Waals surface area contributed by atoms with Crippen LogP contribution in [-0.4, -0.2) is 36.0 Å². The molecule has 1 fully saturated rings. The normalized spacial score (nSPS) is 18.6. The van der Waals surface area contributed by atoms with E-state index in [0.29, 0.717) is 12.1 Å². The summed E-state index contributed by atoms with van der Waals surface area (Å²) >= 11 is 0. The maximum absolute atomic E-state index is 11.5. The molecule has 1 amide bonds. The smallest absolute Gasteiger partial charge is 0.222 e. The number of carbonyl (C=O) groups excluding carboxylic acids is 1. The van der Waals surface area contributed by atoms with Gasteiger partial charge in [0.2, 0.25) is 5.91 Å². The van der Waals surface area contributed by atoms with Crippen LogP contribution < -0.4 is 5.32 Å². The second kappa shape index (κ2) is 6.89. The molecule has 1 aliphatic heterocycles. The number of amides is 1. The zero-order valence-corrected chi connectivity index (χ0v) is 10.4. The number of carbonyl (C=O) groups is 1. The van der Waals surface area contributed by atoms with Crippen molar-refractivity contribution in [2.24, 2.45) is 5.92 Å². The van der Waals surface area contributed by atoms with E-state index in [9.17, 15) is 4.79 Å². The molecule has 0 spiro atoms. The van der Waals surface area contributed by atoms with Crippen LogP contribution in [0.4, 0.5) is 0 Å². The van der Waals surface area contributed by atoms with Gasteiger partial charge in [0.15, 0.2) is 0 Å². The Bertz CT molecular complexity index is 206. The Hall–Kier alpha value is -0.570. The molecule has 3 nitrogen and oxygen atoms in total. The van der Waals surface area contributed by atoms with Crippen LogP contribution in [0.1, 0.15) is 48.0 Å². The molecule has 1 heterocycles. The van der Waals surface area contributed by atoms with E-state index < -0.39 is 0 Å². The van der Waals surface area contributed by atoms with Gasteiger partial charge >= 0.3 is 0 Å². The van der Waals surface area contributed by atoms with E-state index in [0.717, 1.165) is 25.9 Å². The Morgan fingerprint density at radius 1 is 1.19 bits per heavy atom. The largest absolute Gasteiger partial charge is 0.353 e. The summed E-state index contributed by atoms with van der Waals surface area (Å²) in [4.78, 5) is 14.0. The fraction of sp³-hybridized carbons (Fsp3) is 0.923. The van der Waals surface area contributed by atoms with E-state index in [-0.39, 0.29) is 19.3 Å². The molecule has 0 atom stereocenters. The molecule has 0 bridgehead atoms. The molecule has 0 aliphatic carbocycles. The van der Waals surface area contributed by atoms with E-state index in [1.165, 1.54) is 0 Å². The van der Waals surface area contributed by atoms with Crippen molar-refractivity contribution in [1.29, 1.82) is 0 Å². The van der Waals surface area contributed by atoms with Crippen molar-refractivity contribution in [2.75, 3.05) is 13.1 Å². The number of likely N-dealkylation sites (tertiary alicyclic amines) is 1. The summed E-state index contributed by atoms with van der Waals surface area (Å²) < 4.78 is 0. The Morgan fingerprint density at radius 3 is 2.06 bits per heavy atom. The fourth-order valence-electron chi connectivity index (χ4n) is 1.93. The van der Waals surface area contributed by atoms with Crippen LogP contribution in [0.25, 0.3) is 0 Å². The van der Waals surface area contributed by atoms with E-state index in [2.05, 4.69) is 24.1 Å². The van der Waals surface area contributed by atoms with Crippen molar-refractivity contribution >= 4 is 5.91 Å². The van der Waals surface area contributed by atoms with E-state index in [1.807, 2.05) is 13.8 Å². The Balaban J connectivity index is 0.00000225. The highest BCUT2D eigenvalue weighted by molar-refractivity contribution is 5.78. The van der Waals surface area contributed by atoms with E-state index >= 15 is 0 Å². The molecule has 1 aliphatic rings. The topological polar surface area (TPSA) is 32.3 Å². The van der Waals surface area contributed by atoms with Crippen molar-refractivity contribution in [3.63, 3.8) is 0 Å². The predicted octanol–water partition coefficient (Wildman–Crippen LogP) is 2.27. The van der Waals surface area contributed by atoms with Gasteiger partial charge in [-0.25, -0.2) is 0 Å². The summed E-state index contributed by atoms with van der Waals surface area (Å²) in [7, 11) is 0. The Kier molecular flexibility index (Phi) is 6.65. The van der Waals surface area contributed by atoms with Gasteiger partial charge in [0.05, 0.1) is 0 Å². The van der Waals surface area contributed by atoms with Gasteiger partial charge in [-0.05, 0) is 26.7 Å². The summed E-state index contributed by atoms with van der Waals surface area (Å²) in [6.07, 6.45) is 2.19. The number of hydrogen-bond donors (Lipinski definition) is 1. The third-order valence-electron chi connectivity index (χ3n) is 3.13. The standard InChI is InChI=1S/C12H24N2O.CH4/c1-9(2)12(15)13-11-5-7-14(8-6-11)10(3)4;/h9-11H,5-8H2,1-4H3,(H,13,15);1H4. The summed E-state index contributed by atoms with van der Waals surface area (Å²) in [5, 5.41) is 3.11. The highest BCUT2D eigenvalue weighted by atomic mass is 16.1. The van der Waals surface area contributed by atoms with Crippen LogP contribution in [0, 0.1) is 5.92 Å². The van der Waals surface area contributed by atoms with Gasteiger partial charge in [-0.1, -0.05) is 21.3 Å². The number of rotatable bonds is 3. The minimum absolute atomic E-state index is 0. The molecule has 1 N–H and O–H groups in total. The fourth-order valence-corrected chi connectivity index (χ4v) is 1.93. The molecule has 0 aromatic heterocycles. The van der Waals surface area contributed by atoms with Crippen molar-refractivity contribution in [1.82, 2.24) is 10.2 Å². The van der Waals surface area contributed by atoms with Gasteiger partial charge in [-0.15, -0.1) is 0 Å². The molecule has 0 aromatic rings. The van der Waals surface area contributed by atoms with E-state index in [1.54, 1.807) is 0 Å². The second-order valence-corrected chi connectivity index (χ2v) is 5.07. The molecule has 0 radical (unpaired) electrons. The molecule has 96 valence electrons. The molecular weight excluding hydrogens is 200 g/mol. The first-order chi connectivity index (χ1) is 7.00. The maximum Gasteiger partial charge on any atom is 0.222 e. The number of piperidine rings is 1. The zero-order valence-electron chi connectivity index (χ0n) is 10.4. The molecule has 3 heteroatoms. The first kappa shape index (κ1) is 15.4. The van der Waals surface area contributed by atoms with Crippen molar-refractivity contribution in [2.45, 2.75) is 60.0 Å².